The van der Waals surface area contributed by atoms with Crippen LogP contribution >= 0.6 is 0 Å². The summed E-state index contributed by atoms with van der Waals surface area (Å²) in [7, 11) is 1.62. The number of carbonyl (C=O) groups is 1. The van der Waals surface area contributed by atoms with Crippen molar-refractivity contribution in [1.29, 1.82) is 0 Å². The Labute approximate surface area is 152 Å². The molecular weight excluding hydrogens is 326 g/mol. The number of aromatic nitrogens is 2. The summed E-state index contributed by atoms with van der Waals surface area (Å²) in [6, 6.07) is 15.6. The number of benzene rings is 1. The van der Waals surface area contributed by atoms with Crippen LogP contribution in [0, 0.1) is 0 Å². The smallest absolute Gasteiger partial charge is 0.254 e. The average Bonchev–Trinajstić information content (AvgIpc) is 3.39. The Bertz CT molecular complexity index is 888. The molecule has 1 aliphatic heterocycles. The first kappa shape index (κ1) is 16.4. The van der Waals surface area contributed by atoms with Crippen LogP contribution in [0.15, 0.2) is 67.1 Å². The SMILES string of the molecule is COc1ccc(C2CCCN2C(=O)c2cccc(-n3cccc3)c2)nc1. The molecule has 0 N–H and O–H groups in total. The van der Waals surface area contributed by atoms with E-state index in [4.69, 9.17) is 4.74 Å². The minimum atomic E-state index is 0.0173. The maximum absolute atomic E-state index is 13.1. The van der Waals surface area contributed by atoms with Gasteiger partial charge in [-0.25, -0.2) is 0 Å². The van der Waals surface area contributed by atoms with E-state index in [0.29, 0.717) is 5.56 Å². The zero-order valence-electron chi connectivity index (χ0n) is 14.7. The van der Waals surface area contributed by atoms with Crippen LogP contribution in [0.25, 0.3) is 5.69 Å². The van der Waals surface area contributed by atoms with Crippen LogP contribution in [0.4, 0.5) is 0 Å². The number of rotatable bonds is 4. The fraction of sp³-hybridized carbons (Fsp3) is 0.238. The standard InChI is InChI=1S/C21H21N3O2/c1-26-18-9-10-19(22-15-18)20-8-5-13-24(20)21(25)16-6-4-7-17(14-16)23-11-2-3-12-23/h2-4,6-7,9-12,14-15,20H,5,8,13H2,1H3. The summed E-state index contributed by atoms with van der Waals surface area (Å²) in [5.41, 5.74) is 2.61. The van der Waals surface area contributed by atoms with Gasteiger partial charge in [-0.15, -0.1) is 0 Å². The molecule has 0 saturated carbocycles. The zero-order chi connectivity index (χ0) is 17.9. The summed E-state index contributed by atoms with van der Waals surface area (Å²) in [6.07, 6.45) is 7.58. The van der Waals surface area contributed by atoms with Gasteiger partial charge in [-0.1, -0.05) is 6.07 Å². The Morgan fingerprint density at radius 2 is 2.00 bits per heavy atom. The van der Waals surface area contributed by atoms with Crippen molar-refractivity contribution in [1.82, 2.24) is 14.5 Å². The van der Waals surface area contributed by atoms with Crippen molar-refractivity contribution >= 4 is 5.91 Å². The van der Waals surface area contributed by atoms with Crippen LogP contribution < -0.4 is 4.74 Å². The highest BCUT2D eigenvalue weighted by atomic mass is 16.5. The Hall–Kier alpha value is -3.08. The first-order valence-electron chi connectivity index (χ1n) is 8.80. The Kier molecular flexibility index (Phi) is 4.44. The third-order valence-corrected chi connectivity index (χ3v) is 4.85. The molecule has 132 valence electrons. The van der Waals surface area contributed by atoms with E-state index in [1.54, 1.807) is 13.3 Å². The molecule has 1 aromatic carbocycles. The molecule has 1 unspecified atom stereocenters. The van der Waals surface area contributed by atoms with Gasteiger partial charge in [0.2, 0.25) is 0 Å². The summed E-state index contributed by atoms with van der Waals surface area (Å²) < 4.78 is 7.18. The van der Waals surface area contributed by atoms with E-state index in [2.05, 4.69) is 4.98 Å². The molecule has 0 spiro atoms. The van der Waals surface area contributed by atoms with Crippen LogP contribution in [0.5, 0.6) is 5.75 Å². The van der Waals surface area contributed by atoms with Gasteiger partial charge in [-0.05, 0) is 55.3 Å². The average molecular weight is 347 g/mol. The van der Waals surface area contributed by atoms with Gasteiger partial charge < -0.3 is 14.2 Å². The summed E-state index contributed by atoms with van der Waals surface area (Å²) >= 11 is 0. The van der Waals surface area contributed by atoms with Crippen LogP contribution in [-0.2, 0) is 0 Å². The van der Waals surface area contributed by atoms with Gasteiger partial charge in [0, 0.05) is 30.2 Å². The second-order valence-electron chi connectivity index (χ2n) is 6.42. The van der Waals surface area contributed by atoms with E-state index in [9.17, 15) is 4.79 Å². The lowest BCUT2D eigenvalue weighted by molar-refractivity contribution is 0.0733. The highest BCUT2D eigenvalue weighted by Gasteiger charge is 2.31. The molecule has 1 fully saturated rings. The second kappa shape index (κ2) is 7.04. The first-order chi connectivity index (χ1) is 12.8. The normalized spacial score (nSPS) is 16.7. The van der Waals surface area contributed by atoms with E-state index in [-0.39, 0.29) is 11.9 Å². The van der Waals surface area contributed by atoms with Crippen molar-refractivity contribution < 1.29 is 9.53 Å². The lowest BCUT2D eigenvalue weighted by atomic mass is 10.1. The van der Waals surface area contributed by atoms with Gasteiger partial charge in [0.05, 0.1) is 25.0 Å². The number of likely N-dealkylation sites (tertiary alicyclic amines) is 1. The van der Waals surface area contributed by atoms with Crippen molar-refractivity contribution in [3.8, 4) is 11.4 Å². The number of hydrogen-bond acceptors (Lipinski definition) is 3. The predicted molar refractivity (Wildman–Crippen MR) is 99.6 cm³/mol. The number of hydrogen-bond donors (Lipinski definition) is 0. The molecule has 5 heteroatoms. The Morgan fingerprint density at radius 3 is 2.73 bits per heavy atom. The number of nitrogens with zero attached hydrogens (tertiary/aromatic N) is 3. The molecule has 1 aliphatic rings. The van der Waals surface area contributed by atoms with Crippen molar-refractivity contribution in [2.45, 2.75) is 18.9 Å². The highest BCUT2D eigenvalue weighted by molar-refractivity contribution is 5.95. The predicted octanol–water partition coefficient (Wildman–Crippen LogP) is 3.86. The second-order valence-corrected chi connectivity index (χ2v) is 6.42. The van der Waals surface area contributed by atoms with Crippen molar-refractivity contribution in [3.63, 3.8) is 0 Å². The van der Waals surface area contributed by atoms with E-state index < -0.39 is 0 Å². The van der Waals surface area contributed by atoms with Gasteiger partial charge in [-0.3, -0.25) is 9.78 Å². The van der Waals surface area contributed by atoms with Crippen molar-refractivity contribution in [2.24, 2.45) is 0 Å². The van der Waals surface area contributed by atoms with Crippen LogP contribution in [0.3, 0.4) is 0 Å². The van der Waals surface area contributed by atoms with Crippen LogP contribution in [-0.4, -0.2) is 34.0 Å². The topological polar surface area (TPSA) is 47.4 Å². The zero-order valence-corrected chi connectivity index (χ0v) is 14.7. The van der Waals surface area contributed by atoms with Gasteiger partial charge >= 0.3 is 0 Å². The molecule has 3 aromatic rings. The number of carbonyl (C=O) groups excluding carboxylic acids is 1. The lowest BCUT2D eigenvalue weighted by Gasteiger charge is -2.24. The Balaban J connectivity index is 1.59. The maximum Gasteiger partial charge on any atom is 0.254 e. The third-order valence-electron chi connectivity index (χ3n) is 4.85. The maximum atomic E-state index is 13.1. The highest BCUT2D eigenvalue weighted by Crippen LogP contribution is 2.32. The summed E-state index contributed by atoms with van der Waals surface area (Å²) in [5.74, 6) is 0.781. The molecule has 0 radical (unpaired) electrons. The largest absolute Gasteiger partial charge is 0.495 e. The number of methoxy groups -OCH3 is 1. The molecule has 0 bridgehead atoms. The van der Waals surface area contributed by atoms with Crippen LogP contribution in [0.1, 0.15) is 34.9 Å². The Morgan fingerprint density at radius 1 is 1.15 bits per heavy atom. The fourth-order valence-electron chi connectivity index (χ4n) is 3.50. The molecule has 1 amide bonds. The molecule has 0 aliphatic carbocycles. The van der Waals surface area contributed by atoms with Gasteiger partial charge in [0.1, 0.15) is 5.75 Å². The molecule has 1 atom stereocenters. The number of ether oxygens (including phenoxy) is 1. The summed E-state index contributed by atoms with van der Waals surface area (Å²) in [6.45, 7) is 0.755. The van der Waals surface area contributed by atoms with Crippen molar-refractivity contribution in [3.05, 3.63) is 78.4 Å². The van der Waals surface area contributed by atoms with Gasteiger partial charge in [-0.2, -0.15) is 0 Å². The fourth-order valence-corrected chi connectivity index (χ4v) is 3.50. The summed E-state index contributed by atoms with van der Waals surface area (Å²) in [4.78, 5) is 19.6. The lowest BCUT2D eigenvalue weighted by Crippen LogP contribution is -2.31. The number of amides is 1. The minimum Gasteiger partial charge on any atom is -0.495 e. The molecule has 4 rings (SSSR count). The van der Waals surface area contributed by atoms with E-state index >= 15 is 0 Å². The minimum absolute atomic E-state index is 0.0173. The first-order valence-corrected chi connectivity index (χ1v) is 8.80. The van der Waals surface area contributed by atoms with E-state index in [0.717, 1.165) is 36.5 Å². The monoisotopic (exact) mass is 347 g/mol. The molecule has 2 aromatic heterocycles. The molecule has 3 heterocycles. The molecular formula is C21H21N3O2. The summed E-state index contributed by atoms with van der Waals surface area (Å²) in [5, 5.41) is 0. The van der Waals surface area contributed by atoms with E-state index in [1.165, 1.54) is 0 Å². The van der Waals surface area contributed by atoms with Gasteiger partial charge in [0.25, 0.3) is 5.91 Å². The van der Waals surface area contributed by atoms with Crippen LogP contribution in [0.2, 0.25) is 0 Å². The molecule has 1 saturated heterocycles. The quantitative estimate of drug-likeness (QED) is 0.720. The molecule has 5 nitrogen and oxygen atoms in total. The number of pyridine rings is 1. The van der Waals surface area contributed by atoms with E-state index in [1.807, 2.05) is 70.4 Å². The van der Waals surface area contributed by atoms with Crippen molar-refractivity contribution in [2.75, 3.05) is 13.7 Å². The molecule has 26 heavy (non-hydrogen) atoms. The third kappa shape index (κ3) is 3.08. The van der Waals surface area contributed by atoms with Gasteiger partial charge in [0.15, 0.2) is 0 Å².